The van der Waals surface area contributed by atoms with Crippen LogP contribution in [-0.4, -0.2) is 25.5 Å². The van der Waals surface area contributed by atoms with Crippen molar-refractivity contribution in [3.05, 3.63) is 30.1 Å². The number of hydrogen-bond donors (Lipinski definition) is 2. The number of anilines is 1. The number of benzene rings is 1. The largest absolute Gasteiger partial charge is 0.327 e. The van der Waals surface area contributed by atoms with Crippen LogP contribution in [0.15, 0.2) is 24.3 Å². The van der Waals surface area contributed by atoms with E-state index < -0.39 is 0 Å². The molecule has 0 bridgehead atoms. The lowest BCUT2D eigenvalue weighted by Crippen LogP contribution is -3.14. The van der Waals surface area contributed by atoms with E-state index >= 15 is 0 Å². The number of carbonyl (C=O) groups excluding carboxylic acids is 1. The van der Waals surface area contributed by atoms with Crippen LogP contribution >= 0.6 is 0 Å². The molecule has 0 aliphatic carbocycles. The van der Waals surface area contributed by atoms with E-state index in [4.69, 9.17) is 0 Å². The summed E-state index contributed by atoms with van der Waals surface area (Å²) in [6.07, 6.45) is 2.44. The lowest BCUT2D eigenvalue weighted by molar-refractivity contribution is -0.900. The van der Waals surface area contributed by atoms with Crippen molar-refractivity contribution in [2.45, 2.75) is 19.8 Å². The topological polar surface area (TPSA) is 33.5 Å². The van der Waals surface area contributed by atoms with Gasteiger partial charge in [-0.15, -0.1) is 0 Å². The third-order valence-electron chi connectivity index (χ3n) is 3.38. The molecule has 1 amide bonds. The molecule has 98 valence electrons. The smallest absolute Gasteiger partial charge is 0.279 e. The van der Waals surface area contributed by atoms with Gasteiger partial charge in [-0.1, -0.05) is 13.0 Å². The van der Waals surface area contributed by atoms with Crippen LogP contribution in [0.2, 0.25) is 0 Å². The van der Waals surface area contributed by atoms with Gasteiger partial charge in [0.15, 0.2) is 6.54 Å². The lowest BCUT2D eigenvalue weighted by atomic mass is 10.0. The average molecular weight is 251 g/mol. The van der Waals surface area contributed by atoms with Crippen LogP contribution in [0.5, 0.6) is 0 Å². The molecular weight excluding hydrogens is 231 g/mol. The zero-order valence-electron chi connectivity index (χ0n) is 10.7. The molecule has 0 aromatic heterocycles. The van der Waals surface area contributed by atoms with Gasteiger partial charge in [-0.2, -0.15) is 0 Å². The van der Waals surface area contributed by atoms with Gasteiger partial charge < -0.3 is 10.2 Å². The van der Waals surface area contributed by atoms with Crippen LogP contribution in [0.1, 0.15) is 19.8 Å². The normalized spacial score (nSPS) is 23.7. The average Bonchev–Trinajstić information content (AvgIpc) is 2.28. The molecule has 18 heavy (non-hydrogen) atoms. The summed E-state index contributed by atoms with van der Waals surface area (Å²) in [6.45, 7) is 4.81. The van der Waals surface area contributed by atoms with Crippen LogP contribution in [0.3, 0.4) is 0 Å². The standard InChI is InChI=1S/C14H19FN2O/c1-11-4-3-7-17(9-11)10-14(18)16-13-6-2-5-12(15)8-13/h2,5-6,8,11H,3-4,7,9-10H2,1H3,(H,16,18)/p+1/t11-/m1/s1. The number of rotatable bonds is 3. The maximum Gasteiger partial charge on any atom is 0.279 e. The Bertz CT molecular complexity index is 422. The highest BCUT2D eigenvalue weighted by Gasteiger charge is 2.21. The van der Waals surface area contributed by atoms with Crippen molar-refractivity contribution in [1.82, 2.24) is 0 Å². The lowest BCUT2D eigenvalue weighted by Gasteiger charge is -2.27. The molecule has 0 spiro atoms. The summed E-state index contributed by atoms with van der Waals surface area (Å²) in [5, 5.41) is 2.75. The molecule has 1 aromatic carbocycles. The minimum absolute atomic E-state index is 0.0373. The Labute approximate surface area is 107 Å². The van der Waals surface area contributed by atoms with Crippen LogP contribution < -0.4 is 10.2 Å². The summed E-state index contributed by atoms with van der Waals surface area (Å²) in [6, 6.07) is 6.01. The van der Waals surface area contributed by atoms with Gasteiger partial charge in [0.2, 0.25) is 0 Å². The first-order chi connectivity index (χ1) is 8.63. The van der Waals surface area contributed by atoms with E-state index in [2.05, 4.69) is 12.2 Å². The van der Waals surface area contributed by atoms with Crippen molar-refractivity contribution in [1.29, 1.82) is 0 Å². The van der Waals surface area contributed by atoms with E-state index in [0.717, 1.165) is 13.1 Å². The SMILES string of the molecule is C[C@@H]1CCC[NH+](CC(=O)Nc2cccc(F)c2)C1. The molecule has 1 fully saturated rings. The van der Waals surface area contributed by atoms with E-state index in [0.29, 0.717) is 18.2 Å². The van der Waals surface area contributed by atoms with Crippen LogP contribution in [0.4, 0.5) is 10.1 Å². The highest BCUT2D eigenvalue weighted by atomic mass is 19.1. The van der Waals surface area contributed by atoms with Gasteiger partial charge in [0.1, 0.15) is 5.82 Å². The molecule has 1 saturated heterocycles. The quantitative estimate of drug-likeness (QED) is 0.828. The molecule has 1 aromatic rings. The highest BCUT2D eigenvalue weighted by molar-refractivity contribution is 5.91. The van der Waals surface area contributed by atoms with Crippen molar-refractivity contribution < 1.29 is 14.1 Å². The molecule has 4 heteroatoms. The van der Waals surface area contributed by atoms with Gasteiger partial charge >= 0.3 is 0 Å². The number of nitrogens with one attached hydrogen (secondary N) is 2. The number of carbonyl (C=O) groups is 1. The molecule has 2 rings (SSSR count). The Morgan fingerprint density at radius 3 is 3.11 bits per heavy atom. The maximum atomic E-state index is 13.0. The maximum absolute atomic E-state index is 13.0. The van der Waals surface area contributed by atoms with E-state index in [9.17, 15) is 9.18 Å². The first-order valence-corrected chi connectivity index (χ1v) is 6.52. The van der Waals surface area contributed by atoms with Crippen LogP contribution in [0.25, 0.3) is 0 Å². The predicted molar refractivity (Wildman–Crippen MR) is 69.0 cm³/mol. The zero-order valence-corrected chi connectivity index (χ0v) is 10.7. The third kappa shape index (κ3) is 3.81. The van der Waals surface area contributed by atoms with Crippen molar-refractivity contribution in [2.75, 3.05) is 25.0 Å². The second-order valence-electron chi connectivity index (χ2n) is 5.19. The number of amides is 1. The first kappa shape index (κ1) is 13.0. The van der Waals surface area contributed by atoms with Crippen molar-refractivity contribution >= 4 is 11.6 Å². The van der Waals surface area contributed by atoms with E-state index in [-0.39, 0.29) is 11.7 Å². The monoisotopic (exact) mass is 251 g/mol. The van der Waals surface area contributed by atoms with Crippen LogP contribution in [-0.2, 0) is 4.79 Å². The summed E-state index contributed by atoms with van der Waals surface area (Å²) in [7, 11) is 0. The Hall–Kier alpha value is -1.42. The van der Waals surface area contributed by atoms with Gasteiger partial charge in [0, 0.05) is 11.6 Å². The van der Waals surface area contributed by atoms with Gasteiger partial charge in [-0.05, 0) is 31.0 Å². The Morgan fingerprint density at radius 1 is 1.56 bits per heavy atom. The minimum atomic E-state index is -0.327. The van der Waals surface area contributed by atoms with Crippen molar-refractivity contribution in [2.24, 2.45) is 5.92 Å². The summed E-state index contributed by atoms with van der Waals surface area (Å²) < 4.78 is 13.0. The summed E-state index contributed by atoms with van der Waals surface area (Å²) >= 11 is 0. The molecule has 0 saturated carbocycles. The first-order valence-electron chi connectivity index (χ1n) is 6.52. The highest BCUT2D eigenvalue weighted by Crippen LogP contribution is 2.08. The number of hydrogen-bond acceptors (Lipinski definition) is 1. The molecule has 2 atom stereocenters. The second-order valence-corrected chi connectivity index (χ2v) is 5.19. The van der Waals surface area contributed by atoms with Crippen LogP contribution in [0, 0.1) is 11.7 Å². The summed E-state index contributed by atoms with van der Waals surface area (Å²) in [4.78, 5) is 13.2. The number of halogens is 1. The number of quaternary nitrogens is 1. The summed E-state index contributed by atoms with van der Waals surface area (Å²) in [5.41, 5.74) is 0.532. The fourth-order valence-corrected chi connectivity index (χ4v) is 2.56. The fraction of sp³-hybridized carbons (Fsp3) is 0.500. The minimum Gasteiger partial charge on any atom is -0.327 e. The van der Waals surface area contributed by atoms with Gasteiger partial charge in [0.05, 0.1) is 13.1 Å². The number of piperidine rings is 1. The predicted octanol–water partition coefficient (Wildman–Crippen LogP) is 1.08. The molecule has 2 N–H and O–H groups in total. The summed E-state index contributed by atoms with van der Waals surface area (Å²) in [5.74, 6) is 0.326. The second kappa shape index (κ2) is 5.96. The molecule has 1 aliphatic heterocycles. The van der Waals surface area contributed by atoms with Crippen molar-refractivity contribution in [3.8, 4) is 0 Å². The molecular formula is C14H20FN2O+. The van der Waals surface area contributed by atoms with Gasteiger partial charge in [-0.25, -0.2) is 4.39 Å². The zero-order chi connectivity index (χ0) is 13.0. The Kier molecular flexibility index (Phi) is 4.31. The molecule has 1 heterocycles. The third-order valence-corrected chi connectivity index (χ3v) is 3.38. The van der Waals surface area contributed by atoms with Crippen molar-refractivity contribution in [3.63, 3.8) is 0 Å². The number of likely N-dealkylation sites (tertiary alicyclic amines) is 1. The molecule has 1 aliphatic rings. The Balaban J connectivity index is 1.85. The van der Waals surface area contributed by atoms with E-state index in [1.54, 1.807) is 12.1 Å². The molecule has 0 radical (unpaired) electrons. The Morgan fingerprint density at radius 2 is 2.39 bits per heavy atom. The van der Waals surface area contributed by atoms with E-state index in [1.807, 2.05) is 0 Å². The fourth-order valence-electron chi connectivity index (χ4n) is 2.56. The van der Waals surface area contributed by atoms with Gasteiger partial charge in [0.25, 0.3) is 5.91 Å². The van der Waals surface area contributed by atoms with Gasteiger partial charge in [-0.3, -0.25) is 4.79 Å². The molecule has 1 unspecified atom stereocenters. The van der Waals surface area contributed by atoms with E-state index in [1.165, 1.54) is 29.9 Å². The molecule has 3 nitrogen and oxygen atoms in total.